The average molecular weight is 287 g/mol. The maximum absolute atomic E-state index is 11.4. The number of nitrogens with one attached hydrogen (secondary N) is 3. The zero-order chi connectivity index (χ0) is 15.7. The van der Waals surface area contributed by atoms with E-state index in [1.165, 1.54) is 0 Å². The van der Waals surface area contributed by atoms with Crippen molar-refractivity contribution in [3.8, 4) is 0 Å². The van der Waals surface area contributed by atoms with E-state index in [-0.39, 0.29) is 37.3 Å². The second kappa shape index (κ2) is 8.89. The van der Waals surface area contributed by atoms with Gasteiger partial charge in [0.1, 0.15) is 0 Å². The van der Waals surface area contributed by atoms with Crippen molar-refractivity contribution >= 4 is 23.8 Å². The fraction of sp³-hybridized carbons (Fsp3) is 0.667. The molecule has 0 heterocycles. The summed E-state index contributed by atoms with van der Waals surface area (Å²) in [7, 11) is 0. The molecule has 4 N–H and O–H groups in total. The van der Waals surface area contributed by atoms with Gasteiger partial charge in [-0.1, -0.05) is 6.92 Å². The first-order chi connectivity index (χ1) is 9.20. The zero-order valence-electron chi connectivity index (χ0n) is 11.9. The molecule has 0 aliphatic carbocycles. The summed E-state index contributed by atoms with van der Waals surface area (Å²) < 4.78 is 0. The summed E-state index contributed by atoms with van der Waals surface area (Å²) in [6, 6.07) is -0.817. The number of hydrogen-bond donors (Lipinski definition) is 4. The number of hydrogen-bond acceptors (Lipinski definition) is 4. The highest BCUT2D eigenvalue weighted by atomic mass is 16.4. The molecule has 8 nitrogen and oxygen atoms in total. The third-order valence-corrected chi connectivity index (χ3v) is 2.17. The normalized spacial score (nSPS) is 11.6. The van der Waals surface area contributed by atoms with Crippen molar-refractivity contribution in [1.29, 1.82) is 0 Å². The first-order valence-electron chi connectivity index (χ1n) is 6.29. The lowest BCUT2D eigenvalue weighted by atomic mass is 10.0. The molecule has 0 saturated heterocycles. The number of aliphatic carboxylic acids is 1. The third-order valence-electron chi connectivity index (χ3n) is 2.17. The van der Waals surface area contributed by atoms with Crippen molar-refractivity contribution < 1.29 is 24.3 Å². The molecule has 0 aliphatic rings. The van der Waals surface area contributed by atoms with E-state index in [1.807, 2.05) is 5.32 Å². The summed E-state index contributed by atoms with van der Waals surface area (Å²) in [4.78, 5) is 44.4. The SMILES string of the molecule is CC(CC(=O)O)CC(=O)NC(=O)NCC(=O)NC(C)C. The minimum absolute atomic E-state index is 0.0362. The lowest BCUT2D eigenvalue weighted by Crippen LogP contribution is -2.45. The number of urea groups is 1. The van der Waals surface area contributed by atoms with E-state index in [1.54, 1.807) is 20.8 Å². The molecule has 0 rings (SSSR count). The van der Waals surface area contributed by atoms with Gasteiger partial charge in [-0.15, -0.1) is 0 Å². The van der Waals surface area contributed by atoms with Crippen molar-refractivity contribution in [2.45, 2.75) is 39.7 Å². The Kier molecular flexibility index (Phi) is 7.95. The largest absolute Gasteiger partial charge is 0.481 e. The van der Waals surface area contributed by atoms with Gasteiger partial charge in [0.05, 0.1) is 6.54 Å². The number of carbonyl (C=O) groups is 4. The molecular weight excluding hydrogens is 266 g/mol. The van der Waals surface area contributed by atoms with E-state index in [2.05, 4.69) is 10.6 Å². The maximum atomic E-state index is 11.4. The fourth-order valence-electron chi connectivity index (χ4n) is 1.44. The minimum atomic E-state index is -1.000. The maximum Gasteiger partial charge on any atom is 0.321 e. The molecule has 0 saturated carbocycles. The van der Waals surface area contributed by atoms with Gasteiger partial charge in [-0.2, -0.15) is 0 Å². The molecule has 20 heavy (non-hydrogen) atoms. The number of imide groups is 1. The van der Waals surface area contributed by atoms with E-state index in [0.29, 0.717) is 0 Å². The Balaban J connectivity index is 3.93. The van der Waals surface area contributed by atoms with Crippen molar-refractivity contribution in [2.75, 3.05) is 6.54 Å². The van der Waals surface area contributed by atoms with E-state index in [0.717, 1.165) is 0 Å². The van der Waals surface area contributed by atoms with Crippen LogP contribution in [-0.4, -0.2) is 41.5 Å². The van der Waals surface area contributed by atoms with Crippen LogP contribution in [0.15, 0.2) is 0 Å². The summed E-state index contributed by atoms with van der Waals surface area (Å²) >= 11 is 0. The van der Waals surface area contributed by atoms with Gasteiger partial charge in [-0.05, 0) is 19.8 Å². The van der Waals surface area contributed by atoms with Crippen molar-refractivity contribution in [1.82, 2.24) is 16.0 Å². The summed E-state index contributed by atoms with van der Waals surface area (Å²) in [5.74, 6) is -2.31. The van der Waals surface area contributed by atoms with E-state index in [9.17, 15) is 19.2 Å². The molecule has 0 radical (unpaired) electrons. The highest BCUT2D eigenvalue weighted by Crippen LogP contribution is 2.06. The Hall–Kier alpha value is -2.12. The van der Waals surface area contributed by atoms with E-state index in [4.69, 9.17) is 5.11 Å². The van der Waals surface area contributed by atoms with Gasteiger partial charge in [0.15, 0.2) is 0 Å². The second-order valence-electron chi connectivity index (χ2n) is 4.86. The van der Waals surface area contributed by atoms with Gasteiger partial charge in [0.2, 0.25) is 11.8 Å². The highest BCUT2D eigenvalue weighted by molar-refractivity contribution is 5.95. The van der Waals surface area contributed by atoms with Crippen LogP contribution >= 0.6 is 0 Å². The number of carbonyl (C=O) groups excluding carboxylic acids is 3. The third kappa shape index (κ3) is 9.86. The molecule has 4 amide bonds. The Morgan fingerprint density at radius 1 is 1.00 bits per heavy atom. The molecule has 0 spiro atoms. The lowest BCUT2D eigenvalue weighted by Gasteiger charge is -2.11. The lowest BCUT2D eigenvalue weighted by molar-refractivity contribution is -0.138. The van der Waals surface area contributed by atoms with Crippen molar-refractivity contribution in [3.05, 3.63) is 0 Å². The first-order valence-corrected chi connectivity index (χ1v) is 6.29. The monoisotopic (exact) mass is 287 g/mol. The molecule has 0 aromatic rings. The predicted molar refractivity (Wildman–Crippen MR) is 70.9 cm³/mol. The van der Waals surface area contributed by atoms with Crippen molar-refractivity contribution in [2.24, 2.45) is 5.92 Å². The van der Waals surface area contributed by atoms with Crippen LogP contribution in [0.3, 0.4) is 0 Å². The summed E-state index contributed by atoms with van der Waals surface area (Å²) in [6.07, 6.45) is -0.219. The Morgan fingerprint density at radius 2 is 1.60 bits per heavy atom. The van der Waals surface area contributed by atoms with Crippen LogP contribution < -0.4 is 16.0 Å². The summed E-state index contributed by atoms with van der Waals surface area (Å²) in [5.41, 5.74) is 0. The first kappa shape index (κ1) is 17.9. The molecule has 0 aromatic heterocycles. The Morgan fingerprint density at radius 3 is 2.10 bits per heavy atom. The quantitative estimate of drug-likeness (QED) is 0.518. The van der Waals surface area contributed by atoms with Crippen molar-refractivity contribution in [3.63, 3.8) is 0 Å². The van der Waals surface area contributed by atoms with Gasteiger partial charge >= 0.3 is 12.0 Å². The van der Waals surface area contributed by atoms with Gasteiger partial charge in [0, 0.05) is 18.9 Å². The van der Waals surface area contributed by atoms with Crippen LogP contribution in [0.1, 0.15) is 33.6 Å². The number of carboxylic acid groups (broad SMARTS) is 1. The smallest absolute Gasteiger partial charge is 0.321 e. The van der Waals surface area contributed by atoms with Crippen LogP contribution in [0.4, 0.5) is 4.79 Å². The number of amides is 4. The topological polar surface area (TPSA) is 125 Å². The Bertz CT molecular complexity index is 381. The van der Waals surface area contributed by atoms with Gasteiger partial charge < -0.3 is 15.7 Å². The molecule has 0 fully saturated rings. The number of rotatable bonds is 7. The standard InChI is InChI=1S/C12H21N3O5/c1-7(2)14-10(17)6-13-12(20)15-9(16)4-8(3)5-11(18)19/h7-8H,4-6H2,1-3H3,(H,14,17)(H,18,19)(H2,13,15,16,20). The van der Waals surface area contributed by atoms with Gasteiger partial charge in [-0.25, -0.2) is 4.79 Å². The molecule has 8 heteroatoms. The van der Waals surface area contributed by atoms with Crippen LogP contribution in [-0.2, 0) is 14.4 Å². The zero-order valence-corrected chi connectivity index (χ0v) is 11.9. The van der Waals surface area contributed by atoms with Gasteiger partial charge in [-0.3, -0.25) is 19.7 Å². The van der Waals surface area contributed by atoms with E-state index < -0.39 is 17.9 Å². The van der Waals surface area contributed by atoms with Crippen LogP contribution in [0.25, 0.3) is 0 Å². The van der Waals surface area contributed by atoms with E-state index >= 15 is 0 Å². The summed E-state index contributed by atoms with van der Waals surface area (Å²) in [5, 5.41) is 15.4. The van der Waals surface area contributed by atoms with Crippen LogP contribution in [0.2, 0.25) is 0 Å². The van der Waals surface area contributed by atoms with Crippen LogP contribution in [0, 0.1) is 5.92 Å². The Labute approximate surface area is 117 Å². The average Bonchev–Trinajstić information content (AvgIpc) is 2.23. The second-order valence-corrected chi connectivity index (χ2v) is 4.86. The molecule has 0 aliphatic heterocycles. The predicted octanol–water partition coefficient (Wildman–Crippen LogP) is -0.162. The molecule has 0 bridgehead atoms. The molecular formula is C12H21N3O5. The summed E-state index contributed by atoms with van der Waals surface area (Å²) in [6.45, 7) is 4.93. The molecule has 1 atom stereocenters. The molecule has 1 unspecified atom stereocenters. The van der Waals surface area contributed by atoms with Gasteiger partial charge in [0.25, 0.3) is 0 Å². The number of carboxylic acids is 1. The molecule has 0 aromatic carbocycles. The van der Waals surface area contributed by atoms with Crippen LogP contribution in [0.5, 0.6) is 0 Å². The minimum Gasteiger partial charge on any atom is -0.481 e. The molecule has 114 valence electrons. The highest BCUT2D eigenvalue weighted by Gasteiger charge is 2.15. The fourth-order valence-corrected chi connectivity index (χ4v) is 1.44.